The number of pyridine rings is 1. The molecule has 0 aliphatic carbocycles. The van der Waals surface area contributed by atoms with Gasteiger partial charge in [-0.2, -0.15) is 0 Å². The highest BCUT2D eigenvalue weighted by Gasteiger charge is 2.31. The van der Waals surface area contributed by atoms with E-state index in [0.29, 0.717) is 0 Å². The number of alkyl halides is 3. The third-order valence-corrected chi connectivity index (χ3v) is 2.56. The largest absolute Gasteiger partial charge is 0.573 e. The van der Waals surface area contributed by atoms with E-state index < -0.39 is 17.9 Å². The van der Waals surface area contributed by atoms with Crippen molar-refractivity contribution in [3.05, 3.63) is 53.9 Å². The van der Waals surface area contributed by atoms with E-state index >= 15 is 0 Å². The second kappa shape index (κ2) is 5.82. The first-order valence-electron chi connectivity index (χ1n) is 5.80. The van der Waals surface area contributed by atoms with Crippen molar-refractivity contribution in [3.8, 4) is 11.5 Å². The predicted octanol–water partition coefficient (Wildman–Crippen LogP) is 3.22. The Balaban J connectivity index is 2.24. The summed E-state index contributed by atoms with van der Waals surface area (Å²) < 4.78 is 44.9. The van der Waals surface area contributed by atoms with Crippen molar-refractivity contribution < 1.29 is 27.4 Å². The van der Waals surface area contributed by atoms with E-state index in [1.54, 1.807) is 12.1 Å². The zero-order chi connectivity index (χ0) is 15.5. The lowest BCUT2D eigenvalue weighted by atomic mass is 10.1. The molecule has 0 atom stereocenters. The lowest BCUT2D eigenvalue weighted by Gasteiger charge is -2.09. The van der Waals surface area contributed by atoms with Gasteiger partial charge in [-0.1, -0.05) is 0 Å². The number of ketones is 1. The molecule has 0 aliphatic rings. The summed E-state index contributed by atoms with van der Waals surface area (Å²) in [6, 6.07) is 7.78. The van der Waals surface area contributed by atoms with Crippen LogP contribution in [0.25, 0.3) is 0 Å². The summed E-state index contributed by atoms with van der Waals surface area (Å²) in [6.07, 6.45) is -3.34. The van der Waals surface area contributed by atoms with E-state index in [1.807, 2.05) is 0 Å². The number of hydrogen-bond acceptors (Lipinski definition) is 4. The Morgan fingerprint density at radius 2 is 1.81 bits per heavy atom. The summed E-state index contributed by atoms with van der Waals surface area (Å²) in [5.74, 6) is -0.559. The summed E-state index contributed by atoms with van der Waals surface area (Å²) in [7, 11) is 1.40. The second-order valence-electron chi connectivity index (χ2n) is 3.96. The quantitative estimate of drug-likeness (QED) is 0.813. The highest BCUT2D eigenvalue weighted by Crippen LogP contribution is 2.24. The fourth-order valence-corrected chi connectivity index (χ4v) is 1.67. The smallest absolute Gasteiger partial charge is 0.494 e. The van der Waals surface area contributed by atoms with Crippen molar-refractivity contribution in [1.82, 2.24) is 4.98 Å². The second-order valence-corrected chi connectivity index (χ2v) is 3.96. The first-order valence-corrected chi connectivity index (χ1v) is 5.80. The highest BCUT2D eigenvalue weighted by molar-refractivity contribution is 6.09. The lowest BCUT2D eigenvalue weighted by molar-refractivity contribution is -0.274. The molecule has 0 amide bonds. The minimum Gasteiger partial charge on any atom is -0.494 e. The Hall–Kier alpha value is -2.57. The van der Waals surface area contributed by atoms with Crippen molar-refractivity contribution in [2.45, 2.75) is 6.36 Å². The summed E-state index contributed by atoms with van der Waals surface area (Å²) >= 11 is 0. The van der Waals surface area contributed by atoms with Gasteiger partial charge in [-0.05, 0) is 36.4 Å². The van der Waals surface area contributed by atoms with Gasteiger partial charge in [-0.3, -0.25) is 4.79 Å². The van der Waals surface area contributed by atoms with Crippen LogP contribution in [0, 0.1) is 0 Å². The average Bonchev–Trinajstić information content (AvgIpc) is 2.45. The van der Waals surface area contributed by atoms with Crippen LogP contribution in [0.1, 0.15) is 16.1 Å². The van der Waals surface area contributed by atoms with Crippen molar-refractivity contribution >= 4 is 5.78 Å². The molecule has 4 nitrogen and oxygen atoms in total. The minimum atomic E-state index is -4.77. The number of benzene rings is 1. The van der Waals surface area contributed by atoms with Crippen molar-refractivity contribution in [1.29, 1.82) is 0 Å². The molecule has 0 saturated heterocycles. The van der Waals surface area contributed by atoms with Crippen LogP contribution in [-0.4, -0.2) is 24.2 Å². The van der Waals surface area contributed by atoms with E-state index in [1.165, 1.54) is 25.4 Å². The molecule has 2 rings (SSSR count). The third kappa shape index (κ3) is 3.71. The predicted molar refractivity (Wildman–Crippen MR) is 67.3 cm³/mol. The fraction of sp³-hybridized carbons (Fsp3) is 0.143. The first-order chi connectivity index (χ1) is 9.90. The number of rotatable bonds is 4. The van der Waals surface area contributed by atoms with E-state index in [-0.39, 0.29) is 17.0 Å². The molecule has 1 heterocycles. The van der Waals surface area contributed by atoms with Gasteiger partial charge in [0, 0.05) is 11.8 Å². The molecule has 0 spiro atoms. The molecule has 0 aliphatic heterocycles. The van der Waals surface area contributed by atoms with E-state index in [4.69, 9.17) is 4.74 Å². The Kier molecular flexibility index (Phi) is 4.11. The maximum atomic E-state index is 12.2. The van der Waals surface area contributed by atoms with Crippen LogP contribution in [0.5, 0.6) is 11.5 Å². The lowest BCUT2D eigenvalue weighted by Crippen LogP contribution is -2.17. The zero-order valence-electron chi connectivity index (χ0n) is 10.8. The molecule has 0 unspecified atom stereocenters. The Morgan fingerprint density at radius 3 is 2.38 bits per heavy atom. The van der Waals surface area contributed by atoms with E-state index in [2.05, 4.69) is 9.72 Å². The molecule has 7 heteroatoms. The van der Waals surface area contributed by atoms with Crippen LogP contribution in [-0.2, 0) is 0 Å². The maximum absolute atomic E-state index is 12.2. The number of hydrogen-bond donors (Lipinski definition) is 0. The maximum Gasteiger partial charge on any atom is 0.573 e. The van der Waals surface area contributed by atoms with Crippen LogP contribution in [0.15, 0.2) is 42.6 Å². The normalized spacial score (nSPS) is 11.0. The number of nitrogens with zero attached hydrogens (tertiary/aromatic N) is 1. The number of carbonyl (C=O) groups is 1. The molecule has 110 valence electrons. The van der Waals surface area contributed by atoms with Gasteiger partial charge in [-0.15, -0.1) is 13.2 Å². The van der Waals surface area contributed by atoms with Crippen molar-refractivity contribution in [3.63, 3.8) is 0 Å². The SMILES string of the molecule is COc1cccnc1C(=O)c1ccc(OC(F)(F)F)cc1. The Labute approximate surface area is 118 Å². The third-order valence-electron chi connectivity index (χ3n) is 2.56. The van der Waals surface area contributed by atoms with Gasteiger partial charge in [0.05, 0.1) is 7.11 Å². The highest BCUT2D eigenvalue weighted by atomic mass is 19.4. The van der Waals surface area contributed by atoms with Crippen LogP contribution in [0.3, 0.4) is 0 Å². The summed E-state index contributed by atoms with van der Waals surface area (Å²) in [6.45, 7) is 0. The van der Waals surface area contributed by atoms with E-state index in [9.17, 15) is 18.0 Å². The molecule has 1 aromatic carbocycles. The van der Waals surface area contributed by atoms with Crippen LogP contribution >= 0.6 is 0 Å². The Morgan fingerprint density at radius 1 is 1.14 bits per heavy atom. The summed E-state index contributed by atoms with van der Waals surface area (Å²) in [5, 5.41) is 0. The fourth-order valence-electron chi connectivity index (χ4n) is 1.67. The molecule has 2 aromatic rings. The van der Waals surface area contributed by atoms with Gasteiger partial charge in [-0.25, -0.2) is 4.98 Å². The molecule has 0 saturated carbocycles. The molecule has 0 radical (unpaired) electrons. The number of halogens is 3. The topological polar surface area (TPSA) is 48.4 Å². The zero-order valence-corrected chi connectivity index (χ0v) is 10.8. The van der Waals surface area contributed by atoms with Gasteiger partial charge < -0.3 is 9.47 Å². The Bertz CT molecular complexity index is 639. The molecular formula is C14H10F3NO3. The van der Waals surface area contributed by atoms with Crippen molar-refractivity contribution in [2.75, 3.05) is 7.11 Å². The molecule has 0 bridgehead atoms. The summed E-state index contributed by atoms with van der Waals surface area (Å²) in [4.78, 5) is 16.1. The summed E-state index contributed by atoms with van der Waals surface area (Å²) in [5.41, 5.74) is 0.269. The van der Waals surface area contributed by atoms with Gasteiger partial charge in [0.25, 0.3) is 0 Å². The van der Waals surface area contributed by atoms with Crippen LogP contribution < -0.4 is 9.47 Å². The van der Waals surface area contributed by atoms with Crippen molar-refractivity contribution in [2.24, 2.45) is 0 Å². The molecule has 0 N–H and O–H groups in total. The van der Waals surface area contributed by atoms with Gasteiger partial charge in [0.2, 0.25) is 5.78 Å². The number of aromatic nitrogens is 1. The van der Waals surface area contributed by atoms with Crippen LogP contribution in [0.2, 0.25) is 0 Å². The van der Waals surface area contributed by atoms with Crippen LogP contribution in [0.4, 0.5) is 13.2 Å². The van der Waals surface area contributed by atoms with Gasteiger partial charge in [0.15, 0.2) is 5.69 Å². The molecule has 0 fully saturated rings. The first kappa shape index (κ1) is 14.8. The monoisotopic (exact) mass is 297 g/mol. The standard InChI is InChI=1S/C14H10F3NO3/c1-20-11-3-2-8-18-12(11)13(19)9-4-6-10(7-5-9)21-14(15,16)17/h2-8H,1H3. The van der Waals surface area contributed by atoms with Gasteiger partial charge in [0.1, 0.15) is 11.5 Å². The molecular weight excluding hydrogens is 287 g/mol. The van der Waals surface area contributed by atoms with E-state index in [0.717, 1.165) is 12.1 Å². The van der Waals surface area contributed by atoms with Gasteiger partial charge >= 0.3 is 6.36 Å². The minimum absolute atomic E-state index is 0.0875. The number of ether oxygens (including phenoxy) is 2. The average molecular weight is 297 g/mol. The number of methoxy groups -OCH3 is 1. The number of carbonyl (C=O) groups excluding carboxylic acids is 1. The molecule has 1 aromatic heterocycles. The molecule has 21 heavy (non-hydrogen) atoms.